The van der Waals surface area contributed by atoms with E-state index in [0.29, 0.717) is 19.3 Å². The second-order valence-electron chi connectivity index (χ2n) is 5.34. The van der Waals surface area contributed by atoms with Gasteiger partial charge in [-0.2, -0.15) is 0 Å². The molecule has 1 aliphatic rings. The molecule has 1 aliphatic carbocycles. The summed E-state index contributed by atoms with van der Waals surface area (Å²) in [4.78, 5) is 10.1. The summed E-state index contributed by atoms with van der Waals surface area (Å²) >= 11 is 6.31. The maximum absolute atomic E-state index is 13.1. The van der Waals surface area contributed by atoms with Gasteiger partial charge in [-0.1, -0.05) is 12.1 Å². The third-order valence-corrected chi connectivity index (χ3v) is 4.36. The van der Waals surface area contributed by atoms with Gasteiger partial charge in [0.25, 0.3) is 5.69 Å². The van der Waals surface area contributed by atoms with Crippen LogP contribution in [-0.2, 0) is 6.42 Å². The van der Waals surface area contributed by atoms with Gasteiger partial charge in [-0.15, -0.1) is 11.6 Å². The molecule has 1 fully saturated rings. The number of alkyl halides is 3. The molecule has 0 N–H and O–H groups in total. The molecule has 1 atom stereocenters. The van der Waals surface area contributed by atoms with Crippen molar-refractivity contribution in [3.05, 3.63) is 39.9 Å². The van der Waals surface area contributed by atoms with Gasteiger partial charge in [0, 0.05) is 30.4 Å². The van der Waals surface area contributed by atoms with Crippen LogP contribution in [0, 0.1) is 16.0 Å². The Morgan fingerprint density at radius 1 is 1.30 bits per heavy atom. The standard InChI is InChI=1S/C14H16ClF2NO2/c15-13(11-5-7-14(16,17)8-6-11)9-10-1-3-12(4-2-10)18(19)20/h1-4,11,13H,5-9H2. The lowest BCUT2D eigenvalue weighted by atomic mass is 9.83. The van der Waals surface area contributed by atoms with Crippen LogP contribution >= 0.6 is 11.6 Å². The lowest BCUT2D eigenvalue weighted by Gasteiger charge is -2.31. The van der Waals surface area contributed by atoms with Crippen LogP contribution in [0.25, 0.3) is 0 Å². The largest absolute Gasteiger partial charge is 0.269 e. The summed E-state index contributed by atoms with van der Waals surface area (Å²) in [6, 6.07) is 6.22. The highest BCUT2D eigenvalue weighted by Crippen LogP contribution is 2.39. The minimum Gasteiger partial charge on any atom is -0.258 e. The first-order chi connectivity index (χ1) is 9.37. The van der Waals surface area contributed by atoms with Crippen LogP contribution in [0.5, 0.6) is 0 Å². The van der Waals surface area contributed by atoms with Crippen molar-refractivity contribution in [2.24, 2.45) is 5.92 Å². The Balaban J connectivity index is 1.91. The number of hydrogen-bond acceptors (Lipinski definition) is 2. The van der Waals surface area contributed by atoms with Gasteiger partial charge in [-0.3, -0.25) is 10.1 Å². The molecule has 0 saturated heterocycles. The topological polar surface area (TPSA) is 43.1 Å². The van der Waals surface area contributed by atoms with Gasteiger partial charge in [0.15, 0.2) is 0 Å². The minimum atomic E-state index is -2.54. The molecule has 0 amide bonds. The highest BCUT2D eigenvalue weighted by Gasteiger charge is 2.37. The van der Waals surface area contributed by atoms with E-state index < -0.39 is 10.8 Å². The van der Waals surface area contributed by atoms with E-state index in [1.807, 2.05) is 0 Å². The summed E-state index contributed by atoms with van der Waals surface area (Å²) < 4.78 is 26.2. The second-order valence-corrected chi connectivity index (χ2v) is 5.90. The van der Waals surface area contributed by atoms with Crippen LogP contribution in [-0.4, -0.2) is 16.2 Å². The number of rotatable bonds is 4. The molecule has 20 heavy (non-hydrogen) atoms. The molecule has 0 spiro atoms. The van der Waals surface area contributed by atoms with E-state index in [1.165, 1.54) is 12.1 Å². The van der Waals surface area contributed by atoms with E-state index in [1.54, 1.807) is 12.1 Å². The molecule has 0 aromatic heterocycles. The zero-order valence-electron chi connectivity index (χ0n) is 10.9. The van der Waals surface area contributed by atoms with E-state index in [9.17, 15) is 18.9 Å². The molecule has 1 unspecified atom stereocenters. The number of nitro benzene ring substituents is 1. The number of nitro groups is 1. The van der Waals surface area contributed by atoms with Gasteiger partial charge in [0.2, 0.25) is 5.92 Å². The number of non-ortho nitro benzene ring substituents is 1. The third-order valence-electron chi connectivity index (χ3n) is 3.85. The minimum absolute atomic E-state index is 0.0391. The Kier molecular flexibility index (Phi) is 4.58. The summed E-state index contributed by atoms with van der Waals surface area (Å²) in [7, 11) is 0. The smallest absolute Gasteiger partial charge is 0.258 e. The Labute approximate surface area is 121 Å². The van der Waals surface area contributed by atoms with Crippen molar-refractivity contribution < 1.29 is 13.7 Å². The fraction of sp³-hybridized carbons (Fsp3) is 0.571. The average molecular weight is 304 g/mol. The number of benzene rings is 1. The fourth-order valence-corrected chi connectivity index (χ4v) is 3.00. The van der Waals surface area contributed by atoms with Gasteiger partial charge in [-0.25, -0.2) is 8.78 Å². The third kappa shape index (κ3) is 3.88. The summed E-state index contributed by atoms with van der Waals surface area (Å²) in [6.07, 6.45) is 1.24. The van der Waals surface area contributed by atoms with Gasteiger partial charge in [0.05, 0.1) is 4.92 Å². The van der Waals surface area contributed by atoms with E-state index in [4.69, 9.17) is 11.6 Å². The van der Waals surface area contributed by atoms with E-state index in [0.717, 1.165) is 5.56 Å². The quantitative estimate of drug-likeness (QED) is 0.464. The van der Waals surface area contributed by atoms with Crippen molar-refractivity contribution in [1.29, 1.82) is 0 Å². The van der Waals surface area contributed by atoms with Crippen molar-refractivity contribution in [3.8, 4) is 0 Å². The first kappa shape index (κ1) is 15.2. The normalized spacial score (nSPS) is 20.6. The molecule has 0 aliphatic heterocycles. The van der Waals surface area contributed by atoms with Gasteiger partial charge in [-0.05, 0) is 30.7 Å². The average Bonchev–Trinajstić information content (AvgIpc) is 2.39. The zero-order valence-corrected chi connectivity index (χ0v) is 11.7. The Morgan fingerprint density at radius 2 is 1.85 bits per heavy atom. The molecule has 2 rings (SSSR count). The van der Waals surface area contributed by atoms with Crippen LogP contribution in [0.2, 0.25) is 0 Å². The first-order valence-corrected chi connectivity index (χ1v) is 7.06. The predicted molar refractivity (Wildman–Crippen MR) is 73.3 cm³/mol. The molecule has 0 heterocycles. The summed E-state index contributed by atoms with van der Waals surface area (Å²) in [5.41, 5.74) is 0.935. The van der Waals surface area contributed by atoms with Gasteiger partial charge < -0.3 is 0 Å². The van der Waals surface area contributed by atoms with Crippen molar-refractivity contribution in [3.63, 3.8) is 0 Å². The van der Waals surface area contributed by atoms with Gasteiger partial charge >= 0.3 is 0 Å². The second kappa shape index (κ2) is 6.04. The SMILES string of the molecule is O=[N+]([O-])c1ccc(CC(Cl)C2CCC(F)(F)CC2)cc1. The summed E-state index contributed by atoms with van der Waals surface area (Å²) in [5, 5.41) is 10.3. The van der Waals surface area contributed by atoms with Crippen molar-refractivity contribution >= 4 is 17.3 Å². The Hall–Kier alpha value is -1.23. The Morgan fingerprint density at radius 3 is 2.35 bits per heavy atom. The monoisotopic (exact) mass is 303 g/mol. The maximum atomic E-state index is 13.1. The van der Waals surface area contributed by atoms with E-state index in [-0.39, 0.29) is 29.8 Å². The van der Waals surface area contributed by atoms with Crippen LogP contribution in [0.4, 0.5) is 14.5 Å². The zero-order chi connectivity index (χ0) is 14.8. The molecule has 3 nitrogen and oxygen atoms in total. The highest BCUT2D eigenvalue weighted by atomic mass is 35.5. The number of nitrogens with zero attached hydrogens (tertiary/aromatic N) is 1. The summed E-state index contributed by atoms with van der Waals surface area (Å²) in [5.74, 6) is -2.45. The van der Waals surface area contributed by atoms with E-state index in [2.05, 4.69) is 0 Å². The molecule has 1 saturated carbocycles. The van der Waals surface area contributed by atoms with Crippen LogP contribution in [0.3, 0.4) is 0 Å². The molecule has 6 heteroatoms. The molecule has 0 radical (unpaired) electrons. The predicted octanol–water partition coefficient (Wildman–Crippen LogP) is 4.57. The van der Waals surface area contributed by atoms with Crippen molar-refractivity contribution in [2.45, 2.75) is 43.4 Å². The lowest BCUT2D eigenvalue weighted by molar-refractivity contribution is -0.384. The van der Waals surface area contributed by atoms with Crippen LogP contribution < -0.4 is 0 Å². The lowest BCUT2D eigenvalue weighted by Crippen LogP contribution is -2.29. The fourth-order valence-electron chi connectivity index (χ4n) is 2.57. The highest BCUT2D eigenvalue weighted by molar-refractivity contribution is 6.20. The number of halogens is 3. The molecule has 1 aromatic carbocycles. The van der Waals surface area contributed by atoms with Crippen LogP contribution in [0.15, 0.2) is 24.3 Å². The van der Waals surface area contributed by atoms with Crippen LogP contribution in [0.1, 0.15) is 31.2 Å². The molecular weight excluding hydrogens is 288 g/mol. The van der Waals surface area contributed by atoms with E-state index >= 15 is 0 Å². The van der Waals surface area contributed by atoms with Gasteiger partial charge in [0.1, 0.15) is 0 Å². The molecule has 0 bridgehead atoms. The maximum Gasteiger partial charge on any atom is 0.269 e. The molecule has 1 aromatic rings. The Bertz CT molecular complexity index is 469. The molecular formula is C14H16ClF2NO2. The summed E-state index contributed by atoms with van der Waals surface area (Å²) in [6.45, 7) is 0. The van der Waals surface area contributed by atoms with Crippen molar-refractivity contribution in [2.75, 3.05) is 0 Å². The number of hydrogen-bond donors (Lipinski definition) is 0. The first-order valence-electron chi connectivity index (χ1n) is 6.63. The molecule has 110 valence electrons. The van der Waals surface area contributed by atoms with Crippen molar-refractivity contribution in [1.82, 2.24) is 0 Å².